The number of benzene rings is 3. The van der Waals surface area contributed by atoms with Crippen LogP contribution >= 0.6 is 11.6 Å². The highest BCUT2D eigenvalue weighted by Gasteiger charge is 2.13. The average Bonchev–Trinajstić information content (AvgIpc) is 2.73. The molecule has 0 spiro atoms. The van der Waals surface area contributed by atoms with E-state index in [2.05, 4.69) is 15.3 Å². The third-order valence-corrected chi connectivity index (χ3v) is 4.61. The summed E-state index contributed by atoms with van der Waals surface area (Å²) in [7, 11) is 1.62. The lowest BCUT2D eigenvalue weighted by molar-refractivity contribution is 0.103. The Bertz CT molecular complexity index is 1160. The molecule has 4 rings (SSSR count). The number of rotatable bonds is 5. The number of aromatic nitrogens is 2. The maximum absolute atomic E-state index is 12.6. The van der Waals surface area contributed by atoms with Crippen LogP contribution < -0.4 is 10.1 Å². The Morgan fingerprint density at radius 1 is 1.04 bits per heavy atom. The Kier molecular flexibility index (Phi) is 4.91. The third kappa shape index (κ3) is 3.66. The molecule has 4 aromatic rings. The lowest BCUT2D eigenvalue weighted by Gasteiger charge is -2.09. The molecule has 1 N–H and O–H groups in total. The van der Waals surface area contributed by atoms with E-state index in [1.54, 1.807) is 43.6 Å². The molecule has 1 aromatic heterocycles. The molecule has 5 nitrogen and oxygen atoms in total. The van der Waals surface area contributed by atoms with Crippen molar-refractivity contribution in [3.8, 4) is 5.75 Å². The largest absolute Gasteiger partial charge is 0.497 e. The fraction of sp³-hybridized carbons (Fsp3) is 0.0455. The molecule has 0 unspecified atom stereocenters. The van der Waals surface area contributed by atoms with E-state index >= 15 is 0 Å². The molecule has 0 atom stereocenters. The fourth-order valence-corrected chi connectivity index (χ4v) is 3.12. The second-order valence-electron chi connectivity index (χ2n) is 6.13. The van der Waals surface area contributed by atoms with Gasteiger partial charge in [-0.05, 0) is 36.4 Å². The van der Waals surface area contributed by atoms with Gasteiger partial charge in [-0.1, -0.05) is 41.9 Å². The first-order valence-corrected chi connectivity index (χ1v) is 8.99. The zero-order chi connectivity index (χ0) is 19.5. The van der Waals surface area contributed by atoms with Crippen LogP contribution in [0.2, 0.25) is 5.02 Å². The minimum Gasteiger partial charge on any atom is -0.497 e. The van der Waals surface area contributed by atoms with Crippen molar-refractivity contribution in [1.29, 1.82) is 0 Å². The first kappa shape index (κ1) is 17.9. The van der Waals surface area contributed by atoms with Crippen molar-refractivity contribution >= 4 is 39.9 Å². The average molecular weight is 390 g/mol. The molecule has 0 aliphatic rings. The van der Waals surface area contributed by atoms with E-state index in [1.165, 1.54) is 0 Å². The van der Waals surface area contributed by atoms with E-state index in [-0.39, 0.29) is 5.78 Å². The molecule has 0 amide bonds. The molecule has 138 valence electrons. The predicted molar refractivity (Wildman–Crippen MR) is 111 cm³/mol. The van der Waals surface area contributed by atoms with Crippen LogP contribution in [0.4, 0.5) is 11.6 Å². The quantitative estimate of drug-likeness (QED) is 0.471. The van der Waals surface area contributed by atoms with Gasteiger partial charge < -0.3 is 10.1 Å². The van der Waals surface area contributed by atoms with Crippen LogP contribution in [0.25, 0.3) is 10.9 Å². The number of nitrogens with zero attached hydrogens (tertiary/aromatic N) is 2. The first-order valence-electron chi connectivity index (χ1n) is 8.61. The minimum absolute atomic E-state index is 0.118. The lowest BCUT2D eigenvalue weighted by atomic mass is 10.0. The van der Waals surface area contributed by atoms with Crippen molar-refractivity contribution in [2.24, 2.45) is 0 Å². The molecule has 3 aromatic carbocycles. The number of nitrogens with one attached hydrogen (secondary N) is 1. The first-order chi connectivity index (χ1) is 13.6. The van der Waals surface area contributed by atoms with Gasteiger partial charge in [0.1, 0.15) is 5.75 Å². The Hall–Kier alpha value is -3.44. The molecular weight excluding hydrogens is 374 g/mol. The number of anilines is 2. The molecule has 1 heterocycles. The maximum atomic E-state index is 12.6. The number of hydrogen-bond donors (Lipinski definition) is 1. The van der Waals surface area contributed by atoms with Crippen molar-refractivity contribution in [3.05, 3.63) is 89.1 Å². The maximum Gasteiger partial charge on any atom is 0.227 e. The number of fused-ring (bicyclic) bond motifs is 1. The van der Waals surface area contributed by atoms with Crippen LogP contribution in [0.1, 0.15) is 15.9 Å². The summed E-state index contributed by atoms with van der Waals surface area (Å²) in [6.07, 6.45) is 1.72. The second-order valence-corrected chi connectivity index (χ2v) is 6.54. The molecule has 0 fully saturated rings. The van der Waals surface area contributed by atoms with Gasteiger partial charge in [0.2, 0.25) is 5.95 Å². The summed E-state index contributed by atoms with van der Waals surface area (Å²) in [6.45, 7) is 0. The number of methoxy groups -OCH3 is 1. The van der Waals surface area contributed by atoms with Crippen LogP contribution in [0.5, 0.6) is 5.75 Å². The van der Waals surface area contributed by atoms with Crippen LogP contribution in [0.15, 0.2) is 72.9 Å². The number of halogens is 1. The molecule has 0 radical (unpaired) electrons. The topological polar surface area (TPSA) is 64.1 Å². The van der Waals surface area contributed by atoms with Gasteiger partial charge in [0.05, 0.1) is 17.6 Å². The van der Waals surface area contributed by atoms with Gasteiger partial charge in [-0.15, -0.1) is 0 Å². The second kappa shape index (κ2) is 7.66. The van der Waals surface area contributed by atoms with E-state index < -0.39 is 0 Å². The van der Waals surface area contributed by atoms with Crippen molar-refractivity contribution in [2.75, 3.05) is 12.4 Å². The number of carbonyl (C=O) groups is 1. The highest BCUT2D eigenvalue weighted by molar-refractivity contribution is 6.35. The monoisotopic (exact) mass is 389 g/mol. The van der Waals surface area contributed by atoms with Gasteiger partial charge in [-0.3, -0.25) is 4.79 Å². The van der Waals surface area contributed by atoms with Crippen molar-refractivity contribution < 1.29 is 9.53 Å². The molecular formula is C22H16ClN3O2. The zero-order valence-electron chi connectivity index (χ0n) is 15.0. The van der Waals surface area contributed by atoms with Gasteiger partial charge in [0, 0.05) is 28.4 Å². The number of ether oxygens (including phenoxy) is 1. The Morgan fingerprint density at radius 3 is 2.61 bits per heavy atom. The fourth-order valence-electron chi connectivity index (χ4n) is 2.85. The van der Waals surface area contributed by atoms with Crippen LogP contribution in [-0.4, -0.2) is 22.9 Å². The SMILES string of the molecule is COc1ccc2nc(Nc3ccc(C(=O)c4ccccc4)c(Cl)c3)ncc2c1. The Morgan fingerprint density at radius 2 is 1.86 bits per heavy atom. The van der Waals surface area contributed by atoms with Gasteiger partial charge in [0.25, 0.3) is 0 Å². The molecule has 0 aliphatic carbocycles. The molecule has 0 saturated heterocycles. The van der Waals surface area contributed by atoms with E-state index in [0.29, 0.717) is 27.8 Å². The van der Waals surface area contributed by atoms with E-state index in [0.717, 1.165) is 16.7 Å². The van der Waals surface area contributed by atoms with E-state index in [4.69, 9.17) is 16.3 Å². The standard InChI is InChI=1S/C22H16ClN3O2/c1-28-17-8-10-20-15(11-17)13-24-22(26-20)25-16-7-9-18(19(23)12-16)21(27)14-5-3-2-4-6-14/h2-13H,1H3,(H,24,25,26). The number of hydrogen-bond acceptors (Lipinski definition) is 5. The van der Waals surface area contributed by atoms with Crippen molar-refractivity contribution in [2.45, 2.75) is 0 Å². The van der Waals surface area contributed by atoms with Crippen LogP contribution in [0, 0.1) is 0 Å². The lowest BCUT2D eigenvalue weighted by Crippen LogP contribution is -2.03. The summed E-state index contributed by atoms with van der Waals surface area (Å²) in [4.78, 5) is 21.4. The molecule has 0 aliphatic heterocycles. The molecule has 6 heteroatoms. The van der Waals surface area contributed by atoms with Gasteiger partial charge in [-0.2, -0.15) is 0 Å². The van der Waals surface area contributed by atoms with Crippen molar-refractivity contribution in [1.82, 2.24) is 9.97 Å². The summed E-state index contributed by atoms with van der Waals surface area (Å²) in [6, 6.07) is 19.8. The normalized spacial score (nSPS) is 10.6. The summed E-state index contributed by atoms with van der Waals surface area (Å²) < 4.78 is 5.21. The van der Waals surface area contributed by atoms with E-state index in [1.807, 2.05) is 36.4 Å². The third-order valence-electron chi connectivity index (χ3n) is 4.29. The number of ketones is 1. The van der Waals surface area contributed by atoms with Crippen molar-refractivity contribution in [3.63, 3.8) is 0 Å². The summed E-state index contributed by atoms with van der Waals surface area (Å²) >= 11 is 6.35. The summed E-state index contributed by atoms with van der Waals surface area (Å²) in [5.74, 6) is 1.08. The highest BCUT2D eigenvalue weighted by atomic mass is 35.5. The highest BCUT2D eigenvalue weighted by Crippen LogP contribution is 2.26. The molecule has 0 saturated carbocycles. The van der Waals surface area contributed by atoms with Crippen LogP contribution in [0.3, 0.4) is 0 Å². The van der Waals surface area contributed by atoms with Gasteiger partial charge in [-0.25, -0.2) is 9.97 Å². The zero-order valence-corrected chi connectivity index (χ0v) is 15.8. The smallest absolute Gasteiger partial charge is 0.227 e. The Labute approximate surface area is 167 Å². The van der Waals surface area contributed by atoms with Crippen LogP contribution in [-0.2, 0) is 0 Å². The van der Waals surface area contributed by atoms with Gasteiger partial charge >= 0.3 is 0 Å². The number of carbonyl (C=O) groups excluding carboxylic acids is 1. The summed E-state index contributed by atoms with van der Waals surface area (Å²) in [5.41, 5.74) is 2.53. The molecule has 0 bridgehead atoms. The minimum atomic E-state index is -0.118. The van der Waals surface area contributed by atoms with E-state index in [9.17, 15) is 4.79 Å². The Balaban J connectivity index is 1.58. The predicted octanol–water partition coefficient (Wildman–Crippen LogP) is 5.27. The molecule has 28 heavy (non-hydrogen) atoms. The summed E-state index contributed by atoms with van der Waals surface area (Å²) in [5, 5.41) is 4.37. The van der Waals surface area contributed by atoms with Gasteiger partial charge in [0.15, 0.2) is 5.78 Å².